The van der Waals surface area contributed by atoms with Crippen molar-refractivity contribution >= 4 is 35.1 Å². The first kappa shape index (κ1) is 19.3. The molecule has 2 aliphatic rings. The number of amides is 3. The van der Waals surface area contributed by atoms with Crippen LogP contribution in [-0.4, -0.2) is 50.2 Å². The van der Waals surface area contributed by atoms with E-state index in [4.69, 9.17) is 10.00 Å². The molecule has 4 rings (SSSR count). The van der Waals surface area contributed by atoms with Crippen molar-refractivity contribution in [2.75, 3.05) is 43.6 Å². The molecule has 0 bridgehead atoms. The second-order valence-corrected chi connectivity index (χ2v) is 7.98. The highest BCUT2D eigenvalue weighted by Gasteiger charge is 2.31. The number of carbonyl (C=O) groups is 2. The van der Waals surface area contributed by atoms with Crippen LogP contribution in [0.5, 0.6) is 0 Å². The molecule has 1 saturated heterocycles. The van der Waals surface area contributed by atoms with E-state index in [2.05, 4.69) is 11.4 Å². The molecule has 2 aromatic carbocycles. The minimum Gasteiger partial charge on any atom is -0.383 e. The Morgan fingerprint density at radius 2 is 2.07 bits per heavy atom. The van der Waals surface area contributed by atoms with Gasteiger partial charge in [-0.3, -0.25) is 4.79 Å². The molecule has 7 nitrogen and oxygen atoms in total. The van der Waals surface area contributed by atoms with Gasteiger partial charge in [0, 0.05) is 42.2 Å². The van der Waals surface area contributed by atoms with Crippen LogP contribution in [0.3, 0.4) is 0 Å². The Bertz CT molecular complexity index is 998. The van der Waals surface area contributed by atoms with Crippen LogP contribution in [0.2, 0.25) is 0 Å². The molecule has 2 aliphatic heterocycles. The summed E-state index contributed by atoms with van der Waals surface area (Å²) in [6.07, 6.45) is 0. The van der Waals surface area contributed by atoms with Gasteiger partial charge in [0.15, 0.2) is 0 Å². The van der Waals surface area contributed by atoms with E-state index in [-0.39, 0.29) is 17.9 Å². The number of hydrogen-bond donors (Lipinski definition) is 1. The molecule has 3 amide bonds. The first-order chi connectivity index (χ1) is 14.1. The van der Waals surface area contributed by atoms with Gasteiger partial charge in [0.2, 0.25) is 0 Å². The first-order valence-corrected chi connectivity index (χ1v) is 10.1. The maximum atomic E-state index is 13.1. The number of nitrogens with one attached hydrogen (secondary N) is 1. The van der Waals surface area contributed by atoms with E-state index in [1.807, 2.05) is 36.4 Å². The average Bonchev–Trinajstić information content (AvgIpc) is 2.79. The zero-order valence-corrected chi connectivity index (χ0v) is 16.7. The molecule has 2 heterocycles. The van der Waals surface area contributed by atoms with E-state index >= 15 is 0 Å². The zero-order chi connectivity index (χ0) is 20.4. The second kappa shape index (κ2) is 8.15. The number of benzene rings is 2. The number of nitriles is 1. The van der Waals surface area contributed by atoms with Crippen LogP contribution in [0.1, 0.15) is 10.4 Å². The van der Waals surface area contributed by atoms with Gasteiger partial charge in [0.25, 0.3) is 5.91 Å². The lowest BCUT2D eigenvalue weighted by Crippen LogP contribution is -2.51. The summed E-state index contributed by atoms with van der Waals surface area (Å²) in [4.78, 5) is 30.6. The lowest BCUT2D eigenvalue weighted by Gasteiger charge is -2.35. The number of fused-ring (bicyclic) bond motifs is 2. The molecule has 0 saturated carbocycles. The zero-order valence-electron chi connectivity index (χ0n) is 15.9. The molecular weight excluding hydrogens is 388 g/mol. The fourth-order valence-corrected chi connectivity index (χ4v) is 4.45. The third kappa shape index (κ3) is 3.79. The summed E-state index contributed by atoms with van der Waals surface area (Å²) >= 11 is 1.51. The van der Waals surface area contributed by atoms with Crippen LogP contribution in [0, 0.1) is 17.2 Å². The van der Waals surface area contributed by atoms with Gasteiger partial charge < -0.3 is 19.9 Å². The number of methoxy groups -OCH3 is 1. The molecule has 148 valence electrons. The number of nitrogens with zero attached hydrogens (tertiary/aromatic N) is 3. The van der Waals surface area contributed by atoms with Crippen molar-refractivity contribution in [2.45, 2.75) is 9.79 Å². The van der Waals surface area contributed by atoms with E-state index in [1.165, 1.54) is 11.8 Å². The summed E-state index contributed by atoms with van der Waals surface area (Å²) in [6, 6.07) is 15.0. The van der Waals surface area contributed by atoms with Crippen molar-refractivity contribution in [1.82, 2.24) is 4.90 Å². The Kier molecular flexibility index (Phi) is 5.43. The maximum Gasteiger partial charge on any atom is 0.321 e. The van der Waals surface area contributed by atoms with Gasteiger partial charge in [-0.2, -0.15) is 5.26 Å². The van der Waals surface area contributed by atoms with Crippen molar-refractivity contribution in [3.8, 4) is 6.07 Å². The summed E-state index contributed by atoms with van der Waals surface area (Å²) in [5.41, 5.74) is 2.10. The number of hydrogen-bond acceptors (Lipinski definition) is 5. The van der Waals surface area contributed by atoms with Gasteiger partial charge >= 0.3 is 6.03 Å². The van der Waals surface area contributed by atoms with Gasteiger partial charge in [0.05, 0.1) is 29.8 Å². The van der Waals surface area contributed by atoms with E-state index < -0.39 is 0 Å². The van der Waals surface area contributed by atoms with Crippen LogP contribution in [-0.2, 0) is 4.74 Å². The average molecular weight is 408 g/mol. The fourth-order valence-electron chi connectivity index (χ4n) is 3.34. The smallest absolute Gasteiger partial charge is 0.321 e. The molecule has 2 aromatic rings. The predicted octanol–water partition coefficient (Wildman–Crippen LogP) is 3.43. The third-order valence-corrected chi connectivity index (χ3v) is 6.08. The summed E-state index contributed by atoms with van der Waals surface area (Å²) in [5, 5.41) is 11.8. The number of ether oxygens (including phenoxy) is 1. The molecule has 0 atom stereocenters. The highest BCUT2D eigenvalue weighted by molar-refractivity contribution is 7.99. The third-order valence-electron chi connectivity index (χ3n) is 4.95. The molecule has 0 spiro atoms. The van der Waals surface area contributed by atoms with Crippen molar-refractivity contribution in [3.05, 3.63) is 48.0 Å². The maximum absolute atomic E-state index is 13.1. The first-order valence-electron chi connectivity index (χ1n) is 9.28. The van der Waals surface area contributed by atoms with Crippen molar-refractivity contribution in [2.24, 2.45) is 5.92 Å². The van der Waals surface area contributed by atoms with Gasteiger partial charge in [0.1, 0.15) is 0 Å². The quantitative estimate of drug-likeness (QED) is 0.838. The molecule has 29 heavy (non-hydrogen) atoms. The van der Waals surface area contributed by atoms with Crippen LogP contribution in [0.15, 0.2) is 52.3 Å². The molecule has 0 unspecified atom stereocenters. The molecule has 0 radical (unpaired) electrons. The Labute approximate surface area is 173 Å². The number of urea groups is 1. The summed E-state index contributed by atoms with van der Waals surface area (Å²) < 4.78 is 5.19. The van der Waals surface area contributed by atoms with E-state index in [0.717, 1.165) is 15.5 Å². The summed E-state index contributed by atoms with van der Waals surface area (Å²) in [7, 11) is 1.61. The van der Waals surface area contributed by atoms with E-state index in [1.54, 1.807) is 23.0 Å². The topological polar surface area (TPSA) is 85.7 Å². The standard InChI is InChI=1S/C21H20N4O3S/c1-28-9-8-25-17-7-6-15(23-21(27)24-12-14(11-22)13-24)10-19(17)29-18-5-3-2-4-16(18)20(25)26/h2-7,10,14H,8-9,12-13H2,1H3,(H,23,27). The summed E-state index contributed by atoms with van der Waals surface area (Å²) in [6.45, 7) is 1.77. The monoisotopic (exact) mass is 408 g/mol. The van der Waals surface area contributed by atoms with Crippen molar-refractivity contribution in [1.29, 1.82) is 5.26 Å². The number of anilines is 2. The minimum atomic E-state index is -0.220. The molecule has 1 N–H and O–H groups in total. The molecule has 0 aliphatic carbocycles. The Hall–Kier alpha value is -3.02. The number of rotatable bonds is 4. The Balaban J connectivity index is 1.62. The SMILES string of the molecule is COCCN1C(=O)c2ccccc2Sc2cc(NC(=O)N3CC(C#N)C3)ccc21. The van der Waals surface area contributed by atoms with Crippen molar-refractivity contribution in [3.63, 3.8) is 0 Å². The highest BCUT2D eigenvalue weighted by atomic mass is 32.2. The lowest BCUT2D eigenvalue weighted by atomic mass is 10.0. The minimum absolute atomic E-state index is 0.0659. The van der Waals surface area contributed by atoms with E-state index in [9.17, 15) is 9.59 Å². The van der Waals surface area contributed by atoms with Gasteiger partial charge in [-0.1, -0.05) is 23.9 Å². The van der Waals surface area contributed by atoms with Gasteiger partial charge in [-0.25, -0.2) is 4.79 Å². The number of likely N-dealkylation sites (tertiary alicyclic amines) is 1. The van der Waals surface area contributed by atoms with Crippen LogP contribution >= 0.6 is 11.8 Å². The normalized spacial score (nSPS) is 15.7. The summed E-state index contributed by atoms with van der Waals surface area (Å²) in [5.74, 6) is -0.149. The van der Waals surface area contributed by atoms with Crippen molar-refractivity contribution < 1.29 is 14.3 Å². The van der Waals surface area contributed by atoms with Crippen LogP contribution in [0.25, 0.3) is 0 Å². The predicted molar refractivity (Wildman–Crippen MR) is 110 cm³/mol. The van der Waals surface area contributed by atoms with Crippen LogP contribution < -0.4 is 10.2 Å². The Morgan fingerprint density at radius 3 is 2.83 bits per heavy atom. The number of carbonyl (C=O) groups excluding carboxylic acids is 2. The highest BCUT2D eigenvalue weighted by Crippen LogP contribution is 2.42. The molecule has 0 aromatic heterocycles. The van der Waals surface area contributed by atoms with E-state index in [0.29, 0.717) is 37.5 Å². The van der Waals surface area contributed by atoms with Gasteiger partial charge in [-0.15, -0.1) is 0 Å². The fraction of sp³-hybridized carbons (Fsp3) is 0.286. The molecular formula is C21H20N4O3S. The molecule has 8 heteroatoms. The lowest BCUT2D eigenvalue weighted by molar-refractivity contribution is 0.0973. The largest absolute Gasteiger partial charge is 0.383 e. The second-order valence-electron chi connectivity index (χ2n) is 6.89. The van der Waals surface area contributed by atoms with Crippen LogP contribution in [0.4, 0.5) is 16.2 Å². The van der Waals surface area contributed by atoms with Gasteiger partial charge in [-0.05, 0) is 30.3 Å². The molecule has 1 fully saturated rings. The Morgan fingerprint density at radius 1 is 1.28 bits per heavy atom.